The van der Waals surface area contributed by atoms with Crippen LogP contribution in [0.1, 0.15) is 15.9 Å². The van der Waals surface area contributed by atoms with Gasteiger partial charge in [-0.05, 0) is 17.7 Å². The standard InChI is InChI=1S/C20H17ClN2O5/c1-25-16-11-17(26-2)23-20(22-16)28-15-10-6-9-14(21)18(15)19(24)27-12-13-7-4-3-5-8-13/h3-11H,12H2,1-2H3. The number of nitrogens with zero attached hydrogens (tertiary/aromatic N) is 2. The maximum Gasteiger partial charge on any atom is 0.343 e. The molecule has 0 aliphatic rings. The molecule has 0 spiro atoms. The molecule has 144 valence electrons. The number of methoxy groups -OCH3 is 2. The third-order valence-electron chi connectivity index (χ3n) is 3.67. The number of esters is 1. The summed E-state index contributed by atoms with van der Waals surface area (Å²) in [4.78, 5) is 20.8. The van der Waals surface area contributed by atoms with Crippen LogP contribution in [0.2, 0.25) is 5.02 Å². The van der Waals surface area contributed by atoms with Crippen LogP contribution in [0.4, 0.5) is 0 Å². The maximum absolute atomic E-state index is 12.6. The van der Waals surface area contributed by atoms with Crippen molar-refractivity contribution >= 4 is 17.6 Å². The van der Waals surface area contributed by atoms with Gasteiger partial charge in [0.05, 0.1) is 25.3 Å². The molecule has 0 saturated carbocycles. The number of ether oxygens (including phenoxy) is 4. The predicted octanol–water partition coefficient (Wildman–Crippen LogP) is 4.30. The lowest BCUT2D eigenvalue weighted by molar-refractivity contribution is 0.0470. The molecule has 3 rings (SSSR count). The molecule has 28 heavy (non-hydrogen) atoms. The highest BCUT2D eigenvalue weighted by Gasteiger charge is 2.20. The Morgan fingerprint density at radius 3 is 2.29 bits per heavy atom. The van der Waals surface area contributed by atoms with Crippen molar-refractivity contribution in [2.45, 2.75) is 6.61 Å². The van der Waals surface area contributed by atoms with Crippen molar-refractivity contribution in [3.05, 3.63) is 70.7 Å². The lowest BCUT2D eigenvalue weighted by Crippen LogP contribution is -2.08. The van der Waals surface area contributed by atoms with Crippen molar-refractivity contribution in [1.82, 2.24) is 9.97 Å². The maximum atomic E-state index is 12.6. The molecule has 0 saturated heterocycles. The Hall–Kier alpha value is -3.32. The molecule has 0 atom stereocenters. The molecule has 8 heteroatoms. The minimum atomic E-state index is -0.626. The Balaban J connectivity index is 1.85. The number of carbonyl (C=O) groups excluding carboxylic acids is 1. The Morgan fingerprint density at radius 2 is 1.64 bits per heavy atom. The van der Waals surface area contributed by atoms with Gasteiger partial charge in [-0.3, -0.25) is 0 Å². The number of hydrogen-bond donors (Lipinski definition) is 0. The van der Waals surface area contributed by atoms with E-state index in [-0.39, 0.29) is 40.7 Å². The van der Waals surface area contributed by atoms with Crippen LogP contribution in [0.15, 0.2) is 54.6 Å². The second kappa shape index (κ2) is 9.05. The Morgan fingerprint density at radius 1 is 0.964 bits per heavy atom. The quantitative estimate of drug-likeness (QED) is 0.547. The Kier molecular flexibility index (Phi) is 6.29. The highest BCUT2D eigenvalue weighted by Crippen LogP contribution is 2.31. The SMILES string of the molecule is COc1cc(OC)nc(Oc2cccc(Cl)c2C(=O)OCc2ccccc2)n1. The van der Waals surface area contributed by atoms with Gasteiger partial charge in [0.15, 0.2) is 0 Å². The molecule has 1 heterocycles. The molecule has 0 unspecified atom stereocenters. The summed E-state index contributed by atoms with van der Waals surface area (Å²) in [5.41, 5.74) is 0.928. The molecule has 0 aliphatic heterocycles. The van der Waals surface area contributed by atoms with E-state index in [1.807, 2.05) is 30.3 Å². The van der Waals surface area contributed by atoms with E-state index in [9.17, 15) is 4.79 Å². The molecule has 0 fully saturated rings. The van der Waals surface area contributed by atoms with Crippen molar-refractivity contribution < 1.29 is 23.7 Å². The van der Waals surface area contributed by atoms with Gasteiger partial charge >= 0.3 is 12.0 Å². The number of hydrogen-bond acceptors (Lipinski definition) is 7. The number of halogens is 1. The molecular weight excluding hydrogens is 384 g/mol. The summed E-state index contributed by atoms with van der Waals surface area (Å²) in [6, 6.07) is 15.5. The summed E-state index contributed by atoms with van der Waals surface area (Å²) in [5, 5.41) is 0.186. The highest BCUT2D eigenvalue weighted by molar-refractivity contribution is 6.34. The lowest BCUT2D eigenvalue weighted by atomic mass is 10.2. The molecule has 0 aliphatic carbocycles. The van der Waals surface area contributed by atoms with Crippen LogP contribution < -0.4 is 14.2 Å². The first kappa shape index (κ1) is 19.4. The van der Waals surface area contributed by atoms with E-state index in [0.717, 1.165) is 5.56 Å². The lowest BCUT2D eigenvalue weighted by Gasteiger charge is -2.12. The predicted molar refractivity (Wildman–Crippen MR) is 102 cm³/mol. The minimum absolute atomic E-state index is 0.0597. The van der Waals surface area contributed by atoms with Gasteiger partial charge in [0.2, 0.25) is 11.8 Å². The van der Waals surface area contributed by atoms with E-state index in [0.29, 0.717) is 0 Å². The largest absolute Gasteiger partial charge is 0.481 e. The zero-order valence-electron chi connectivity index (χ0n) is 15.2. The summed E-state index contributed by atoms with van der Waals surface area (Å²) in [7, 11) is 2.91. The smallest absolute Gasteiger partial charge is 0.343 e. The van der Waals surface area contributed by atoms with E-state index >= 15 is 0 Å². The van der Waals surface area contributed by atoms with Crippen molar-refractivity contribution in [2.24, 2.45) is 0 Å². The van der Waals surface area contributed by atoms with Gasteiger partial charge in [-0.25, -0.2) is 4.79 Å². The second-order valence-corrected chi connectivity index (χ2v) is 5.92. The van der Waals surface area contributed by atoms with Gasteiger partial charge in [-0.15, -0.1) is 0 Å². The van der Waals surface area contributed by atoms with Gasteiger partial charge in [-0.2, -0.15) is 9.97 Å². The first-order valence-corrected chi connectivity index (χ1v) is 8.63. The number of carbonyl (C=O) groups is 1. The molecule has 0 N–H and O–H groups in total. The minimum Gasteiger partial charge on any atom is -0.481 e. The summed E-state index contributed by atoms with van der Waals surface area (Å²) in [5.74, 6) is 0.0225. The van der Waals surface area contributed by atoms with Crippen LogP contribution in [0.25, 0.3) is 0 Å². The molecule has 1 aromatic heterocycles. The molecule has 0 radical (unpaired) electrons. The van der Waals surface area contributed by atoms with Crippen LogP contribution in [0, 0.1) is 0 Å². The molecular formula is C20H17ClN2O5. The van der Waals surface area contributed by atoms with E-state index in [4.69, 9.17) is 30.5 Å². The third kappa shape index (κ3) is 4.69. The fourth-order valence-electron chi connectivity index (χ4n) is 2.32. The molecule has 2 aromatic carbocycles. The van der Waals surface area contributed by atoms with Gasteiger partial charge in [0.1, 0.15) is 17.9 Å². The van der Waals surface area contributed by atoms with Crippen molar-refractivity contribution in [3.63, 3.8) is 0 Å². The molecule has 0 bridgehead atoms. The van der Waals surface area contributed by atoms with Crippen LogP contribution in [-0.4, -0.2) is 30.2 Å². The van der Waals surface area contributed by atoms with Gasteiger partial charge in [0.25, 0.3) is 0 Å². The van der Waals surface area contributed by atoms with Gasteiger partial charge < -0.3 is 18.9 Å². The van der Waals surface area contributed by atoms with Crippen LogP contribution in [0.3, 0.4) is 0 Å². The monoisotopic (exact) mass is 400 g/mol. The van der Waals surface area contributed by atoms with Crippen LogP contribution in [-0.2, 0) is 11.3 Å². The summed E-state index contributed by atoms with van der Waals surface area (Å²) in [6.45, 7) is 0.105. The van der Waals surface area contributed by atoms with E-state index in [1.54, 1.807) is 18.2 Å². The zero-order valence-corrected chi connectivity index (χ0v) is 16.0. The highest BCUT2D eigenvalue weighted by atomic mass is 35.5. The van der Waals surface area contributed by atoms with Gasteiger partial charge in [0, 0.05) is 0 Å². The van der Waals surface area contributed by atoms with Gasteiger partial charge in [-0.1, -0.05) is 48.0 Å². The summed E-state index contributed by atoms with van der Waals surface area (Å²) in [6.07, 6.45) is 0. The van der Waals surface area contributed by atoms with Crippen LogP contribution >= 0.6 is 11.6 Å². The molecule has 3 aromatic rings. The van der Waals surface area contributed by atoms with Crippen molar-refractivity contribution in [1.29, 1.82) is 0 Å². The van der Waals surface area contributed by atoms with E-state index in [1.165, 1.54) is 20.3 Å². The third-order valence-corrected chi connectivity index (χ3v) is 3.99. The summed E-state index contributed by atoms with van der Waals surface area (Å²) >= 11 is 6.22. The van der Waals surface area contributed by atoms with Crippen molar-refractivity contribution in [2.75, 3.05) is 14.2 Å². The fourth-order valence-corrected chi connectivity index (χ4v) is 2.56. The number of benzene rings is 2. The second-order valence-electron chi connectivity index (χ2n) is 5.51. The Bertz CT molecular complexity index is 944. The summed E-state index contributed by atoms with van der Waals surface area (Å²) < 4.78 is 21.2. The van der Waals surface area contributed by atoms with E-state index in [2.05, 4.69) is 9.97 Å². The number of aromatic nitrogens is 2. The normalized spacial score (nSPS) is 10.2. The first-order valence-electron chi connectivity index (χ1n) is 8.25. The average Bonchev–Trinajstić information content (AvgIpc) is 2.72. The van der Waals surface area contributed by atoms with Crippen molar-refractivity contribution in [3.8, 4) is 23.5 Å². The van der Waals surface area contributed by atoms with Crippen LogP contribution in [0.5, 0.6) is 23.5 Å². The fraction of sp³-hybridized carbons (Fsp3) is 0.150. The first-order chi connectivity index (χ1) is 13.6. The number of rotatable bonds is 7. The zero-order chi connectivity index (χ0) is 19.9. The molecule has 0 amide bonds. The van der Waals surface area contributed by atoms with E-state index < -0.39 is 5.97 Å². The molecule has 7 nitrogen and oxygen atoms in total. The Labute approximate surface area is 166 Å². The average molecular weight is 401 g/mol. The topological polar surface area (TPSA) is 79.8 Å².